The van der Waals surface area contributed by atoms with Crippen molar-refractivity contribution < 1.29 is 40.4 Å². The van der Waals surface area contributed by atoms with Crippen molar-refractivity contribution in [2.45, 2.75) is 0 Å². The SMILES string of the molecule is [2H]c1cc([2H])c(-c2c([2H])c([2H])c([2H])c3c2oc2c([2H])c([2H])c([2H])c([2H])c23)c([2H])c1-c1c([2H])c([2H])c([2H])c(-c2ncnc3c2oc2ccc(-c4c([2H])c([2H])c(-c5c([2H])c([2H])c([2H])c([2H])c5[2H])c([2H])c4[2H])cc23)c1[2H]. The first kappa shape index (κ1) is 13.6. The monoisotopic (exact) mass is 663 g/mol. The summed E-state index contributed by atoms with van der Waals surface area (Å²) in [7, 11) is 0. The van der Waals surface area contributed by atoms with Crippen LogP contribution < -0.4 is 0 Å². The molecule has 0 bridgehead atoms. The van der Waals surface area contributed by atoms with Gasteiger partial charge in [-0.1, -0.05) is 133 Å². The third-order valence-electron chi connectivity index (χ3n) is 7.90. The predicted octanol–water partition coefficient (Wildman–Crippen LogP) is 12.6. The van der Waals surface area contributed by atoms with Crippen LogP contribution in [-0.2, 0) is 0 Å². The highest BCUT2D eigenvalue weighted by atomic mass is 16.3. The zero-order valence-electron chi connectivity index (χ0n) is 48.1. The summed E-state index contributed by atoms with van der Waals surface area (Å²) in [4.78, 5) is 8.67. The number of fused-ring (bicyclic) bond motifs is 6. The molecule has 0 unspecified atom stereocenters. The van der Waals surface area contributed by atoms with Gasteiger partial charge in [0, 0.05) is 27.3 Å². The number of para-hydroxylation sites is 2. The van der Waals surface area contributed by atoms with E-state index in [1.807, 2.05) is 0 Å². The largest absolute Gasteiger partial charge is 0.455 e. The Morgan fingerprint density at radius 2 is 1.10 bits per heavy atom. The fraction of sp³-hybridized carbons (Fsp3) is 0. The molecule has 50 heavy (non-hydrogen) atoms. The van der Waals surface area contributed by atoms with Crippen molar-refractivity contribution in [3.8, 4) is 55.8 Å². The molecule has 0 spiro atoms. The zero-order chi connectivity index (χ0) is 53.0. The summed E-state index contributed by atoms with van der Waals surface area (Å²) in [6.45, 7) is 0. The lowest BCUT2D eigenvalue weighted by molar-refractivity contribution is 0.667. The highest BCUT2D eigenvalue weighted by Crippen LogP contribution is 2.39. The average Bonchev–Trinajstić information content (AvgIpc) is 3.95. The summed E-state index contributed by atoms with van der Waals surface area (Å²) in [6, 6.07) is -10.8. The van der Waals surface area contributed by atoms with Crippen molar-refractivity contribution >= 4 is 44.0 Å². The second-order valence-electron chi connectivity index (χ2n) is 10.8. The van der Waals surface area contributed by atoms with Crippen molar-refractivity contribution in [2.75, 3.05) is 0 Å². The lowest BCUT2D eigenvalue weighted by atomic mass is 9.96. The second kappa shape index (κ2) is 11.4. The van der Waals surface area contributed by atoms with Crippen LogP contribution in [0.25, 0.3) is 99.8 Å². The van der Waals surface area contributed by atoms with E-state index >= 15 is 0 Å². The van der Waals surface area contributed by atoms with Crippen LogP contribution in [0.3, 0.4) is 0 Å². The number of benzene rings is 7. The molecule has 0 aliphatic rings. The van der Waals surface area contributed by atoms with Crippen LogP contribution in [0.15, 0.2) is 178 Å². The Morgan fingerprint density at radius 1 is 0.440 bits per heavy atom. The molecule has 0 saturated heterocycles. The molecule has 0 N–H and O–H groups in total. The number of aromatic nitrogens is 2. The summed E-state index contributed by atoms with van der Waals surface area (Å²) in [5, 5.41) is -0.408. The first-order valence-electron chi connectivity index (χ1n) is 26.3. The fourth-order valence-corrected chi connectivity index (χ4v) is 5.61. The van der Waals surface area contributed by atoms with Crippen molar-refractivity contribution in [3.63, 3.8) is 0 Å². The average molecular weight is 664 g/mol. The van der Waals surface area contributed by atoms with Gasteiger partial charge in [0.25, 0.3) is 0 Å². The van der Waals surface area contributed by atoms with Crippen LogP contribution in [-0.4, -0.2) is 9.97 Å². The summed E-state index contributed by atoms with van der Waals surface area (Å²) in [5.41, 5.74) is -4.86. The lowest BCUT2D eigenvalue weighted by Crippen LogP contribution is -1.88. The van der Waals surface area contributed by atoms with Crippen molar-refractivity contribution in [2.24, 2.45) is 0 Å². The predicted molar refractivity (Wildman–Crippen MR) is 204 cm³/mol. The van der Waals surface area contributed by atoms with Crippen LogP contribution in [0.2, 0.25) is 0 Å². The van der Waals surface area contributed by atoms with E-state index < -0.39 is 189 Å². The van der Waals surface area contributed by atoms with Crippen molar-refractivity contribution in [3.05, 3.63) is 170 Å². The molecule has 10 rings (SSSR count). The minimum absolute atomic E-state index is 0.0292. The number of hydrogen-bond acceptors (Lipinski definition) is 4. The molecule has 4 heteroatoms. The smallest absolute Gasteiger partial charge is 0.180 e. The number of hydrogen-bond donors (Lipinski definition) is 0. The van der Waals surface area contributed by atoms with Crippen LogP contribution in [0, 0.1) is 0 Å². The molecule has 3 aromatic heterocycles. The molecule has 234 valence electrons. The molecule has 4 nitrogen and oxygen atoms in total. The summed E-state index contributed by atoms with van der Waals surface area (Å²) in [6.07, 6.45) is 1.04. The van der Waals surface area contributed by atoms with E-state index in [1.54, 1.807) is 0 Å². The Kier molecular flexibility index (Phi) is 3.11. The van der Waals surface area contributed by atoms with Gasteiger partial charge in [0.1, 0.15) is 34.3 Å². The van der Waals surface area contributed by atoms with Crippen molar-refractivity contribution in [1.29, 1.82) is 0 Å². The van der Waals surface area contributed by atoms with Gasteiger partial charge in [-0.25, -0.2) is 9.97 Å². The van der Waals surface area contributed by atoms with Gasteiger partial charge in [0.05, 0.1) is 31.5 Å². The third-order valence-corrected chi connectivity index (χ3v) is 7.90. The highest BCUT2D eigenvalue weighted by molar-refractivity contribution is 6.10. The van der Waals surface area contributed by atoms with Gasteiger partial charge in [-0.2, -0.15) is 0 Å². The molecule has 10 aromatic rings. The molecular formula is C46H28N2O2. The molecule has 0 aliphatic carbocycles. The Balaban J connectivity index is 1.17. The van der Waals surface area contributed by atoms with Gasteiger partial charge >= 0.3 is 0 Å². The van der Waals surface area contributed by atoms with E-state index in [0.29, 0.717) is 0 Å². The van der Waals surface area contributed by atoms with Gasteiger partial charge in [-0.3, -0.25) is 0 Å². The van der Waals surface area contributed by atoms with Crippen LogP contribution in [0.5, 0.6) is 0 Å². The molecular weight excluding hydrogens is 613 g/mol. The van der Waals surface area contributed by atoms with Gasteiger partial charge in [-0.05, 0) is 69.2 Å². The Morgan fingerprint density at radius 3 is 2.00 bits per heavy atom. The summed E-state index contributed by atoms with van der Waals surface area (Å²) >= 11 is 0. The fourth-order valence-electron chi connectivity index (χ4n) is 5.61. The standard InChI is InChI=1S/C46H28N2O2/c1-2-9-29(10-3-1)30-19-21-31(22-20-30)34-23-24-42-40(27-34)44-46(50-42)43(47-28-48-44)36-14-7-12-33(26-36)32-11-6-13-35(25-32)37-16-8-17-39-38-15-4-5-18-41(38)49-45(37)39/h1-28H/i1D,2D,3D,4D,5D,7D,8D,9D,10D,11D,12D,13D,14D,15D,16D,17D,18D,19D,20D,21D,22D,25D,26D. The molecule has 7 aromatic carbocycles. The van der Waals surface area contributed by atoms with E-state index in [-0.39, 0.29) is 49.7 Å². The topological polar surface area (TPSA) is 52.1 Å². The maximum absolute atomic E-state index is 9.54. The lowest BCUT2D eigenvalue weighted by Gasteiger charge is -2.09. The van der Waals surface area contributed by atoms with E-state index in [4.69, 9.17) is 37.6 Å². The van der Waals surface area contributed by atoms with Gasteiger partial charge in [-0.15, -0.1) is 0 Å². The second-order valence-corrected chi connectivity index (χ2v) is 10.8. The van der Waals surface area contributed by atoms with Crippen LogP contribution in [0.4, 0.5) is 0 Å². The Hall–Kier alpha value is -6.78. The van der Waals surface area contributed by atoms with Crippen LogP contribution in [0.1, 0.15) is 31.5 Å². The highest BCUT2D eigenvalue weighted by Gasteiger charge is 2.17. The molecule has 0 aliphatic heterocycles. The molecule has 0 radical (unpaired) electrons. The van der Waals surface area contributed by atoms with E-state index in [9.17, 15) is 2.74 Å². The third kappa shape index (κ3) is 4.69. The molecule has 0 fully saturated rings. The first-order chi connectivity index (χ1) is 34.3. The minimum atomic E-state index is -0.798. The molecule has 3 heterocycles. The molecule has 0 atom stereocenters. The van der Waals surface area contributed by atoms with Crippen molar-refractivity contribution in [1.82, 2.24) is 9.97 Å². The maximum atomic E-state index is 9.54. The van der Waals surface area contributed by atoms with Crippen LogP contribution >= 0.6 is 0 Å². The minimum Gasteiger partial charge on any atom is -0.455 e. The number of furan rings is 2. The first-order valence-corrected chi connectivity index (χ1v) is 14.8. The maximum Gasteiger partial charge on any atom is 0.180 e. The Labute approximate surface area is 320 Å². The zero-order valence-corrected chi connectivity index (χ0v) is 25.1. The van der Waals surface area contributed by atoms with E-state index in [0.717, 1.165) is 12.4 Å². The van der Waals surface area contributed by atoms with E-state index in [2.05, 4.69) is 9.97 Å². The quantitative estimate of drug-likeness (QED) is 0.184. The molecule has 0 amide bonds. The normalized spacial score (nSPS) is 18.0. The van der Waals surface area contributed by atoms with Gasteiger partial charge in [0.15, 0.2) is 5.58 Å². The number of rotatable bonds is 5. The summed E-state index contributed by atoms with van der Waals surface area (Å²) < 4.78 is 213. The number of nitrogens with zero attached hydrogens (tertiary/aromatic N) is 2. The molecule has 0 saturated carbocycles. The van der Waals surface area contributed by atoms with Gasteiger partial charge in [0.2, 0.25) is 0 Å². The van der Waals surface area contributed by atoms with Gasteiger partial charge < -0.3 is 8.83 Å². The van der Waals surface area contributed by atoms with E-state index in [1.165, 1.54) is 18.2 Å². The summed E-state index contributed by atoms with van der Waals surface area (Å²) in [5.74, 6) is 0. The Bertz CT molecular complexity index is 4150.